The molecule has 0 atom stereocenters. The van der Waals surface area contributed by atoms with Crippen LogP contribution in [0, 0.1) is 29.4 Å². The highest BCUT2D eigenvalue weighted by Crippen LogP contribution is 2.44. The molecule has 0 N–H and O–H groups in total. The van der Waals surface area contributed by atoms with Crippen LogP contribution in [0.15, 0.2) is 12.1 Å². The van der Waals surface area contributed by atoms with Gasteiger partial charge in [-0.05, 0) is 73.8 Å². The van der Waals surface area contributed by atoms with Crippen LogP contribution >= 0.6 is 0 Å². The van der Waals surface area contributed by atoms with Crippen LogP contribution in [0.5, 0.6) is 5.75 Å². The highest BCUT2D eigenvalue weighted by atomic mass is 19.3. The fourth-order valence-electron chi connectivity index (χ4n) is 4.71. The van der Waals surface area contributed by atoms with E-state index in [0.717, 1.165) is 43.6 Å². The molecule has 25 heavy (non-hydrogen) atoms. The number of alkyl halides is 2. The summed E-state index contributed by atoms with van der Waals surface area (Å²) in [4.78, 5) is 0. The second-order valence-electron chi connectivity index (χ2n) is 7.79. The molecular formula is C20H26F4O. The van der Waals surface area contributed by atoms with Gasteiger partial charge in [-0.3, -0.25) is 0 Å². The number of halogens is 4. The van der Waals surface area contributed by atoms with Crippen molar-refractivity contribution in [3.8, 4) is 5.75 Å². The summed E-state index contributed by atoms with van der Waals surface area (Å²) in [6.07, 6.45) is 8.94. The Kier molecular flexibility index (Phi) is 5.90. The van der Waals surface area contributed by atoms with Crippen molar-refractivity contribution >= 4 is 0 Å². The van der Waals surface area contributed by atoms with Gasteiger partial charge in [-0.15, -0.1) is 0 Å². The Labute approximate surface area is 146 Å². The molecule has 1 aromatic carbocycles. The van der Waals surface area contributed by atoms with Crippen molar-refractivity contribution in [2.75, 3.05) is 0 Å². The number of hydrogen-bond donors (Lipinski definition) is 0. The third kappa shape index (κ3) is 4.29. The molecule has 3 rings (SSSR count). The Balaban J connectivity index is 1.62. The third-order valence-electron chi connectivity index (χ3n) is 6.23. The first-order chi connectivity index (χ1) is 12.0. The lowest BCUT2D eigenvalue weighted by atomic mass is 9.68. The maximum absolute atomic E-state index is 14.3. The fraction of sp³-hybridized carbons (Fsp3) is 0.700. The molecule has 0 amide bonds. The smallest absolute Gasteiger partial charge is 0.387 e. The minimum Gasteiger partial charge on any atom is -0.432 e. The molecule has 1 aromatic rings. The minimum absolute atomic E-state index is 0.0335. The van der Waals surface area contributed by atoms with E-state index < -0.39 is 24.0 Å². The van der Waals surface area contributed by atoms with Crippen molar-refractivity contribution in [2.24, 2.45) is 17.8 Å². The van der Waals surface area contributed by atoms with Gasteiger partial charge in [0.15, 0.2) is 11.6 Å². The van der Waals surface area contributed by atoms with Gasteiger partial charge in [0, 0.05) is 0 Å². The van der Waals surface area contributed by atoms with Crippen LogP contribution in [0.3, 0.4) is 0 Å². The minimum atomic E-state index is -3.16. The molecule has 1 nitrogen and oxygen atoms in total. The van der Waals surface area contributed by atoms with Crippen molar-refractivity contribution in [3.63, 3.8) is 0 Å². The van der Waals surface area contributed by atoms with E-state index in [0.29, 0.717) is 11.5 Å². The molecule has 0 aromatic heterocycles. The van der Waals surface area contributed by atoms with Gasteiger partial charge in [0.25, 0.3) is 0 Å². The topological polar surface area (TPSA) is 9.23 Å². The Morgan fingerprint density at radius 3 is 1.96 bits per heavy atom. The average Bonchev–Trinajstić information content (AvgIpc) is 2.60. The number of benzene rings is 1. The molecule has 0 heterocycles. The largest absolute Gasteiger partial charge is 0.432 e. The highest BCUT2D eigenvalue weighted by molar-refractivity contribution is 5.33. The lowest BCUT2D eigenvalue weighted by Crippen LogP contribution is -2.25. The maximum Gasteiger partial charge on any atom is 0.387 e. The van der Waals surface area contributed by atoms with Crippen LogP contribution in [0.1, 0.15) is 69.8 Å². The van der Waals surface area contributed by atoms with Gasteiger partial charge in [0.1, 0.15) is 0 Å². The first-order valence-electron chi connectivity index (χ1n) is 9.38. The molecule has 0 bridgehead atoms. The first kappa shape index (κ1) is 18.5. The summed E-state index contributed by atoms with van der Waals surface area (Å²) >= 11 is 0. The van der Waals surface area contributed by atoms with Gasteiger partial charge in [0.2, 0.25) is 5.82 Å². The molecule has 2 aliphatic carbocycles. The van der Waals surface area contributed by atoms with E-state index in [1.807, 2.05) is 0 Å². The molecule has 5 heteroatoms. The summed E-state index contributed by atoms with van der Waals surface area (Å²) in [6.45, 7) is -0.848. The van der Waals surface area contributed by atoms with E-state index in [4.69, 9.17) is 0 Å². The molecule has 0 saturated heterocycles. The first-order valence-corrected chi connectivity index (χ1v) is 9.38. The Hall–Kier alpha value is -1.26. The summed E-state index contributed by atoms with van der Waals surface area (Å²) in [5, 5.41) is 0. The van der Waals surface area contributed by atoms with Gasteiger partial charge >= 0.3 is 6.61 Å². The van der Waals surface area contributed by atoms with Gasteiger partial charge in [-0.25, -0.2) is 4.39 Å². The standard InChI is InChI=1S/C20H26F4O/c1-12-2-4-13(5-3-12)14-6-8-15(9-7-14)16-10-11-17(25-20(23)24)19(22)18(16)21/h10-15,20H,2-9H2,1H3. The average molecular weight is 358 g/mol. The van der Waals surface area contributed by atoms with E-state index in [2.05, 4.69) is 11.7 Å². The quantitative estimate of drug-likeness (QED) is 0.546. The van der Waals surface area contributed by atoms with Crippen molar-refractivity contribution in [2.45, 2.75) is 70.8 Å². The lowest BCUT2D eigenvalue weighted by molar-refractivity contribution is -0.0525. The predicted octanol–water partition coefficient (Wildman–Crippen LogP) is 6.67. The second kappa shape index (κ2) is 7.96. The second-order valence-corrected chi connectivity index (χ2v) is 7.79. The van der Waals surface area contributed by atoms with Gasteiger partial charge in [-0.1, -0.05) is 25.8 Å². The lowest BCUT2D eigenvalue weighted by Gasteiger charge is -2.37. The van der Waals surface area contributed by atoms with E-state index in [1.54, 1.807) is 0 Å². The zero-order chi connectivity index (χ0) is 18.0. The Morgan fingerprint density at radius 1 is 0.840 bits per heavy atom. The summed E-state index contributed by atoms with van der Waals surface area (Å²) in [7, 11) is 0. The van der Waals surface area contributed by atoms with Gasteiger partial charge in [0.05, 0.1) is 0 Å². The number of ether oxygens (including phenoxy) is 1. The molecule has 2 aliphatic rings. The summed E-state index contributed by atoms with van der Waals surface area (Å²) < 4.78 is 56.7. The maximum atomic E-state index is 14.3. The molecule has 0 spiro atoms. The van der Waals surface area contributed by atoms with Crippen molar-refractivity contribution < 1.29 is 22.3 Å². The monoisotopic (exact) mass is 358 g/mol. The highest BCUT2D eigenvalue weighted by Gasteiger charge is 2.32. The Morgan fingerprint density at radius 2 is 1.40 bits per heavy atom. The zero-order valence-corrected chi connectivity index (χ0v) is 14.6. The fourth-order valence-corrected chi connectivity index (χ4v) is 4.71. The molecule has 2 saturated carbocycles. The molecule has 0 unspecified atom stereocenters. The van der Waals surface area contributed by atoms with Gasteiger partial charge in [-0.2, -0.15) is 13.2 Å². The van der Waals surface area contributed by atoms with Crippen LogP contribution in [-0.2, 0) is 0 Å². The van der Waals surface area contributed by atoms with Crippen molar-refractivity contribution in [3.05, 3.63) is 29.3 Å². The molecule has 140 valence electrons. The number of rotatable bonds is 4. The van der Waals surface area contributed by atoms with Crippen LogP contribution in [0.2, 0.25) is 0 Å². The van der Waals surface area contributed by atoms with Gasteiger partial charge < -0.3 is 4.74 Å². The normalized spacial score (nSPS) is 30.5. The van der Waals surface area contributed by atoms with Crippen LogP contribution in [0.25, 0.3) is 0 Å². The van der Waals surface area contributed by atoms with Crippen molar-refractivity contribution in [1.29, 1.82) is 0 Å². The predicted molar refractivity (Wildman–Crippen MR) is 88.8 cm³/mol. The Bertz CT molecular complexity index is 573. The van der Waals surface area contributed by atoms with Crippen LogP contribution < -0.4 is 4.74 Å². The molecular weight excluding hydrogens is 332 g/mol. The van der Waals surface area contributed by atoms with E-state index >= 15 is 0 Å². The zero-order valence-electron chi connectivity index (χ0n) is 14.6. The third-order valence-corrected chi connectivity index (χ3v) is 6.23. The molecule has 0 radical (unpaired) electrons. The summed E-state index contributed by atoms with van der Waals surface area (Å²) in [5.41, 5.74) is 0.301. The molecule has 2 fully saturated rings. The SMILES string of the molecule is CC1CCC(C2CCC(c3ccc(OC(F)F)c(F)c3F)CC2)CC1. The van der Waals surface area contributed by atoms with Crippen molar-refractivity contribution in [1.82, 2.24) is 0 Å². The van der Waals surface area contributed by atoms with Crippen LogP contribution in [0.4, 0.5) is 17.6 Å². The summed E-state index contributed by atoms with van der Waals surface area (Å²) in [5.74, 6) is -0.790. The molecule has 0 aliphatic heterocycles. The van der Waals surface area contributed by atoms with E-state index in [1.165, 1.54) is 31.7 Å². The number of hydrogen-bond acceptors (Lipinski definition) is 1. The van der Waals surface area contributed by atoms with Crippen LogP contribution in [-0.4, -0.2) is 6.61 Å². The van der Waals surface area contributed by atoms with E-state index in [-0.39, 0.29) is 5.92 Å². The summed E-state index contributed by atoms with van der Waals surface area (Å²) in [6, 6.07) is 2.53. The van der Waals surface area contributed by atoms with E-state index in [9.17, 15) is 17.6 Å².